The van der Waals surface area contributed by atoms with E-state index in [2.05, 4.69) is 4.98 Å². The van der Waals surface area contributed by atoms with Crippen molar-refractivity contribution in [3.05, 3.63) is 30.5 Å². The average Bonchev–Trinajstić information content (AvgIpc) is 2.50. The summed E-state index contributed by atoms with van der Waals surface area (Å²) in [7, 11) is 0. The van der Waals surface area contributed by atoms with Crippen LogP contribution in [0.4, 0.5) is 0 Å². The number of benzene rings is 1. The molecule has 2 aromatic rings. The van der Waals surface area contributed by atoms with Crippen LogP contribution in [0.2, 0.25) is 1.41 Å². The Morgan fingerprint density at radius 1 is 1.56 bits per heavy atom. The molecule has 0 atom stereocenters. The number of rotatable bonds is 0. The van der Waals surface area contributed by atoms with Crippen LogP contribution in [0.3, 0.4) is 0 Å². The zero-order chi connectivity index (χ0) is 11.3. The van der Waals surface area contributed by atoms with E-state index in [1.807, 2.05) is 0 Å². The number of imidazole rings is 1. The standard InChI is InChI=1S/C7H6N2/c1-2-4-7-6(3-1)8-5-9-7/h1-5H,(H,8,9)/i1D,2D,3D,4D,5D/hD. The maximum absolute atomic E-state index is 7.52. The number of aromatic amines is 1. The van der Waals surface area contributed by atoms with Crippen LogP contribution < -0.4 is 0 Å². The largest absolute Gasteiger partial charge is 0.345 e. The second-order valence-electron chi connectivity index (χ2n) is 1.52. The molecule has 2 rings (SSSR count). The van der Waals surface area contributed by atoms with Gasteiger partial charge in [-0.25, -0.2) is 4.98 Å². The zero-order valence-electron chi connectivity index (χ0n) is 10.4. The second-order valence-corrected chi connectivity index (χ2v) is 1.52. The molecular formula is C7H6N2. The molecule has 0 aliphatic rings. The summed E-state index contributed by atoms with van der Waals surface area (Å²) >= 11 is 0. The lowest BCUT2D eigenvalue weighted by molar-refractivity contribution is 1.34. The Morgan fingerprint density at radius 3 is 3.44 bits per heavy atom. The topological polar surface area (TPSA) is 28.7 Å². The minimum absolute atomic E-state index is 0.0407. The molecule has 0 unspecified atom stereocenters. The van der Waals surface area contributed by atoms with Crippen molar-refractivity contribution in [2.45, 2.75) is 0 Å². The van der Waals surface area contributed by atoms with E-state index >= 15 is 0 Å². The van der Waals surface area contributed by atoms with Crippen molar-refractivity contribution in [2.24, 2.45) is 0 Å². The third kappa shape index (κ3) is 0.598. The van der Waals surface area contributed by atoms with Gasteiger partial charge in [0.25, 0.3) is 0 Å². The van der Waals surface area contributed by atoms with E-state index in [1.54, 1.807) is 0 Å². The zero-order valence-corrected chi connectivity index (χ0v) is 4.39. The molecule has 0 aliphatic carbocycles. The summed E-state index contributed by atoms with van der Waals surface area (Å²) < 4.78 is 44.4. The molecule has 0 saturated heterocycles. The molecule has 1 aromatic heterocycles. The summed E-state index contributed by atoms with van der Waals surface area (Å²) in [6.07, 6.45) is -0.406. The quantitative estimate of drug-likeness (QED) is 0.567. The molecule has 1 aromatic carbocycles. The van der Waals surface area contributed by atoms with Gasteiger partial charge >= 0.3 is 0 Å². The smallest absolute Gasteiger partial charge is 0.168 e. The van der Waals surface area contributed by atoms with Crippen LogP contribution in [0.15, 0.2) is 30.5 Å². The highest BCUT2D eigenvalue weighted by Gasteiger charge is 1.88. The molecule has 0 saturated carbocycles. The SMILES string of the molecule is [2H]c1c([2H])c([2H])c2c(nc([2H])n2[2H])c1[2H]. The van der Waals surface area contributed by atoms with E-state index < -0.39 is 18.4 Å². The molecule has 2 heteroatoms. The van der Waals surface area contributed by atoms with Crippen molar-refractivity contribution >= 4 is 11.0 Å². The van der Waals surface area contributed by atoms with E-state index in [1.165, 1.54) is 0 Å². The summed E-state index contributed by atoms with van der Waals surface area (Å²) in [5.41, 5.74) is -0.105. The summed E-state index contributed by atoms with van der Waals surface area (Å²) in [4.78, 5) is 4.20. The molecule has 9 heavy (non-hydrogen) atoms. The Labute approximate surface area is 61.0 Å². The van der Waals surface area contributed by atoms with Crippen molar-refractivity contribution in [2.75, 3.05) is 0 Å². The van der Waals surface area contributed by atoms with E-state index in [9.17, 15) is 0 Å². The lowest BCUT2D eigenvalue weighted by atomic mass is 10.3. The predicted octanol–water partition coefficient (Wildman–Crippen LogP) is 1.56. The minimum atomic E-state index is -0.416. The van der Waals surface area contributed by atoms with Gasteiger partial charge < -0.3 is 4.98 Å². The third-order valence-corrected chi connectivity index (χ3v) is 0.972. The lowest BCUT2D eigenvalue weighted by Gasteiger charge is -1.81. The maximum Gasteiger partial charge on any atom is 0.168 e. The van der Waals surface area contributed by atoms with Gasteiger partial charge in [0.2, 0.25) is 0 Å². The van der Waals surface area contributed by atoms with Crippen molar-refractivity contribution in [3.63, 3.8) is 0 Å². The Bertz CT molecular complexity index is 561. The maximum atomic E-state index is 7.52. The van der Waals surface area contributed by atoms with E-state index in [4.69, 9.17) is 8.27 Å². The van der Waals surface area contributed by atoms with Crippen molar-refractivity contribution in [1.82, 2.24) is 9.96 Å². The van der Waals surface area contributed by atoms with Crippen LogP contribution >= 0.6 is 0 Å². The monoisotopic (exact) mass is 124 g/mol. The van der Waals surface area contributed by atoms with Crippen LogP contribution in [0.1, 0.15) is 6.85 Å². The molecule has 0 spiro atoms. The normalized spacial score (nSPS) is 19.6. The highest BCUT2D eigenvalue weighted by Crippen LogP contribution is 2.05. The van der Waals surface area contributed by atoms with Gasteiger partial charge in [-0.1, -0.05) is 12.1 Å². The Balaban J connectivity index is 3.07. The fourth-order valence-corrected chi connectivity index (χ4v) is 0.586. The van der Waals surface area contributed by atoms with Gasteiger partial charge in [-0.3, -0.25) is 0 Å². The molecule has 0 amide bonds. The second kappa shape index (κ2) is 1.58. The van der Waals surface area contributed by atoms with Gasteiger partial charge in [0.1, 0.15) is 1.37 Å². The van der Waals surface area contributed by atoms with E-state index in [-0.39, 0.29) is 23.1 Å². The van der Waals surface area contributed by atoms with Crippen LogP contribution in [-0.2, 0) is 0 Å². The number of aromatic nitrogens is 2. The molecule has 0 fully saturated rings. The van der Waals surface area contributed by atoms with E-state index in [0.29, 0.717) is 4.98 Å². The predicted molar refractivity (Wildman–Crippen MR) is 36.1 cm³/mol. The number of nitrogens with zero attached hydrogens (tertiary/aromatic N) is 1. The Hall–Kier alpha value is -1.31. The summed E-state index contributed by atoms with van der Waals surface area (Å²) in [6.45, 7) is 0. The van der Waals surface area contributed by atoms with Gasteiger partial charge in [-0.05, 0) is 12.1 Å². The molecule has 0 aliphatic heterocycles. The first-order chi connectivity index (χ1) is 6.95. The van der Waals surface area contributed by atoms with E-state index in [0.717, 1.165) is 0 Å². The van der Waals surface area contributed by atoms with Gasteiger partial charge in [-0.15, -0.1) is 0 Å². The van der Waals surface area contributed by atoms with Crippen LogP contribution in [0, 0.1) is 0 Å². The number of fused-ring (bicyclic) bond motifs is 1. The van der Waals surface area contributed by atoms with Gasteiger partial charge in [-0.2, -0.15) is 0 Å². The highest BCUT2D eigenvalue weighted by atomic mass is 14.9. The van der Waals surface area contributed by atoms with Crippen molar-refractivity contribution < 1.29 is 8.27 Å². The summed E-state index contributed by atoms with van der Waals surface area (Å²) in [5.74, 6) is 0. The van der Waals surface area contributed by atoms with Crippen molar-refractivity contribution in [3.8, 4) is 0 Å². The number of hydrogen-bond acceptors (Lipinski definition) is 1. The number of H-pyrrole nitrogens is 1. The first kappa shape index (κ1) is 1.59. The summed E-state index contributed by atoms with van der Waals surface area (Å²) in [6, 6.07) is -1.47. The Kier molecular flexibility index (Phi) is 0.281. The number of nitrogens with one attached hydrogen (secondary N) is 1. The molecule has 2 nitrogen and oxygen atoms in total. The van der Waals surface area contributed by atoms with Crippen LogP contribution in [-0.4, -0.2) is 9.96 Å². The number of hydrogen-bond donors (Lipinski definition) is 1. The number of para-hydroxylation sites is 2. The fourth-order valence-electron chi connectivity index (χ4n) is 0.586. The summed E-state index contributed by atoms with van der Waals surface area (Å²) in [5, 5.41) is 0. The lowest BCUT2D eigenvalue weighted by Crippen LogP contribution is -1.63. The fraction of sp³-hybridized carbons (Fsp3) is 0. The molecule has 0 radical (unpaired) electrons. The molecule has 1 heterocycles. The van der Waals surface area contributed by atoms with Gasteiger partial charge in [0.15, 0.2) is 1.41 Å². The van der Waals surface area contributed by atoms with Crippen LogP contribution in [0.5, 0.6) is 0 Å². The minimum Gasteiger partial charge on any atom is -0.345 e. The Morgan fingerprint density at radius 2 is 2.44 bits per heavy atom. The molecule has 1 N–H and O–H groups in total. The van der Waals surface area contributed by atoms with Gasteiger partial charge in [0, 0.05) is 0 Å². The van der Waals surface area contributed by atoms with Crippen molar-refractivity contribution in [1.29, 1.82) is 0 Å². The van der Waals surface area contributed by atoms with Crippen LogP contribution in [0.25, 0.3) is 11.0 Å². The average molecular weight is 124 g/mol. The first-order valence-electron chi connectivity index (χ1n) is 5.34. The third-order valence-electron chi connectivity index (χ3n) is 0.972. The molecular weight excluding hydrogens is 112 g/mol. The molecule has 0 bridgehead atoms. The molecule has 44 valence electrons. The van der Waals surface area contributed by atoms with Gasteiger partial charge in [0.05, 0.1) is 22.8 Å². The first-order valence-corrected chi connectivity index (χ1v) is 2.39. The highest BCUT2D eigenvalue weighted by molar-refractivity contribution is 5.73.